The Kier molecular flexibility index (Phi) is 7.59. The zero-order valence-electron chi connectivity index (χ0n) is 16.1. The van der Waals surface area contributed by atoms with Crippen LogP contribution >= 0.6 is 15.9 Å². The molecule has 31 heavy (non-hydrogen) atoms. The van der Waals surface area contributed by atoms with E-state index in [4.69, 9.17) is 14.9 Å². The third-order valence-corrected chi connectivity index (χ3v) is 5.47. The lowest BCUT2D eigenvalue weighted by atomic mass is 10.2. The maximum Gasteiger partial charge on any atom is 0.431 e. The Hall–Kier alpha value is -2.74. The summed E-state index contributed by atoms with van der Waals surface area (Å²) in [5.41, 5.74) is 3.28. The van der Waals surface area contributed by atoms with Crippen molar-refractivity contribution in [2.45, 2.75) is 18.0 Å². The number of benzene rings is 1. The molecular formula is C17H16BrF3N4O5S. The van der Waals surface area contributed by atoms with E-state index in [-0.39, 0.29) is 23.0 Å². The van der Waals surface area contributed by atoms with Crippen molar-refractivity contribution in [2.24, 2.45) is 10.7 Å². The molecule has 1 heterocycles. The van der Waals surface area contributed by atoms with Crippen LogP contribution in [0, 0.1) is 0 Å². The van der Waals surface area contributed by atoms with Crippen LogP contribution in [0.15, 0.2) is 48.7 Å². The molecule has 2 rings (SSSR count). The predicted molar refractivity (Wildman–Crippen MR) is 107 cm³/mol. The Morgan fingerprint density at radius 1 is 1.32 bits per heavy atom. The van der Waals surface area contributed by atoms with Crippen LogP contribution in [-0.4, -0.2) is 55.9 Å². The van der Waals surface area contributed by atoms with Gasteiger partial charge in [-0.3, -0.25) is 9.79 Å². The molecule has 0 spiro atoms. The second-order valence-electron chi connectivity index (χ2n) is 5.91. The highest BCUT2D eigenvalue weighted by Crippen LogP contribution is 2.30. The van der Waals surface area contributed by atoms with Gasteiger partial charge in [-0.15, -0.1) is 10.2 Å². The van der Waals surface area contributed by atoms with E-state index in [1.807, 2.05) is 0 Å². The van der Waals surface area contributed by atoms with Gasteiger partial charge in [-0.2, -0.15) is 13.2 Å². The highest BCUT2D eigenvalue weighted by atomic mass is 79.9. The molecule has 0 radical (unpaired) electrons. The molecule has 0 saturated carbocycles. The van der Waals surface area contributed by atoms with Crippen LogP contribution < -0.4 is 5.73 Å². The van der Waals surface area contributed by atoms with Crippen molar-refractivity contribution >= 4 is 37.4 Å². The minimum Gasteiger partial charge on any atom is -0.465 e. The summed E-state index contributed by atoms with van der Waals surface area (Å²) >= 11 is 2.72. The smallest absolute Gasteiger partial charge is 0.431 e. The molecule has 0 unspecified atom stereocenters. The third-order valence-electron chi connectivity index (χ3n) is 3.56. The number of allylic oxidation sites excluding steroid dienone is 2. The van der Waals surface area contributed by atoms with Crippen LogP contribution in [-0.2, 0) is 19.4 Å². The number of carbonyl (C=O) groups is 1. The van der Waals surface area contributed by atoms with Crippen molar-refractivity contribution in [3.05, 3.63) is 40.3 Å². The van der Waals surface area contributed by atoms with Gasteiger partial charge in [0.25, 0.3) is 5.89 Å². The van der Waals surface area contributed by atoms with Gasteiger partial charge in [0.15, 0.2) is 9.84 Å². The number of aromatic nitrogens is 2. The summed E-state index contributed by atoms with van der Waals surface area (Å²) < 4.78 is 71.9. The van der Waals surface area contributed by atoms with Crippen molar-refractivity contribution in [1.29, 1.82) is 0 Å². The number of ether oxygens (including phenoxy) is 1. The second kappa shape index (κ2) is 9.60. The van der Waals surface area contributed by atoms with Crippen LogP contribution in [0.1, 0.15) is 12.8 Å². The standard InChI is InChI=1S/C17H16BrF3N4O5S/c1-3-29-11(26)8-23-13(12(18)14(22)17(19,20)21)16-25-24-15(30-16)9-5-4-6-10(7-9)31(2,27)28/h4-7H,3,8,22H2,1-2H3. The van der Waals surface area contributed by atoms with Crippen molar-refractivity contribution < 1.29 is 35.5 Å². The molecule has 9 nitrogen and oxygen atoms in total. The number of aliphatic imine (C=N–C) groups is 1. The van der Waals surface area contributed by atoms with E-state index in [2.05, 4.69) is 31.1 Å². The molecule has 0 bridgehead atoms. The summed E-state index contributed by atoms with van der Waals surface area (Å²) in [4.78, 5) is 15.3. The zero-order chi connectivity index (χ0) is 23.4. The van der Waals surface area contributed by atoms with Crippen molar-refractivity contribution in [1.82, 2.24) is 10.2 Å². The average Bonchev–Trinajstić information content (AvgIpc) is 3.16. The van der Waals surface area contributed by atoms with Crippen molar-refractivity contribution in [3.63, 3.8) is 0 Å². The molecule has 0 aliphatic rings. The fourth-order valence-electron chi connectivity index (χ4n) is 2.13. The first kappa shape index (κ1) is 24.5. The van der Waals surface area contributed by atoms with E-state index in [0.29, 0.717) is 0 Å². The van der Waals surface area contributed by atoms with Crippen LogP contribution in [0.2, 0.25) is 0 Å². The highest BCUT2D eigenvalue weighted by Gasteiger charge is 2.36. The largest absolute Gasteiger partial charge is 0.465 e. The van der Waals surface area contributed by atoms with Gasteiger partial charge >= 0.3 is 12.1 Å². The summed E-state index contributed by atoms with van der Waals surface area (Å²) in [5.74, 6) is -1.47. The van der Waals surface area contributed by atoms with Gasteiger partial charge < -0.3 is 14.9 Å². The Balaban J connectivity index is 2.53. The van der Waals surface area contributed by atoms with E-state index in [9.17, 15) is 26.4 Å². The molecule has 0 amide bonds. The van der Waals surface area contributed by atoms with Gasteiger partial charge in [-0.1, -0.05) is 6.07 Å². The van der Waals surface area contributed by atoms with E-state index in [1.165, 1.54) is 24.3 Å². The number of nitrogens with two attached hydrogens (primary N) is 1. The number of halogens is 4. The Bertz CT molecular complexity index is 1140. The summed E-state index contributed by atoms with van der Waals surface area (Å²) in [6.07, 6.45) is -3.90. The van der Waals surface area contributed by atoms with E-state index < -0.39 is 50.3 Å². The summed E-state index contributed by atoms with van der Waals surface area (Å²) in [6.45, 7) is 0.965. The van der Waals surface area contributed by atoms with Gasteiger partial charge in [0, 0.05) is 11.8 Å². The monoisotopic (exact) mass is 524 g/mol. The van der Waals surface area contributed by atoms with Gasteiger partial charge in [0.2, 0.25) is 5.89 Å². The first-order valence-electron chi connectivity index (χ1n) is 8.41. The molecule has 0 aliphatic carbocycles. The first-order valence-corrected chi connectivity index (χ1v) is 11.1. The van der Waals surface area contributed by atoms with Crippen LogP contribution in [0.4, 0.5) is 13.2 Å². The number of hydrogen-bond acceptors (Lipinski definition) is 9. The van der Waals surface area contributed by atoms with Gasteiger partial charge in [0.05, 0.1) is 16.0 Å². The quantitative estimate of drug-likeness (QED) is 0.430. The summed E-state index contributed by atoms with van der Waals surface area (Å²) in [7, 11) is -3.53. The molecule has 1 aromatic heterocycles. The number of hydrogen-bond donors (Lipinski definition) is 1. The molecular weight excluding hydrogens is 509 g/mol. The second-order valence-corrected chi connectivity index (χ2v) is 8.72. The zero-order valence-corrected chi connectivity index (χ0v) is 18.5. The number of carbonyl (C=O) groups excluding carboxylic acids is 1. The highest BCUT2D eigenvalue weighted by molar-refractivity contribution is 9.12. The Labute approximate surface area is 183 Å². The van der Waals surface area contributed by atoms with Crippen LogP contribution in [0.5, 0.6) is 0 Å². The van der Waals surface area contributed by atoms with Crippen molar-refractivity contribution in [2.75, 3.05) is 19.4 Å². The minimum atomic E-state index is -4.91. The number of esters is 1. The fourth-order valence-corrected chi connectivity index (χ4v) is 3.32. The molecule has 2 aromatic rings. The molecule has 0 atom stereocenters. The Morgan fingerprint density at radius 2 is 2.00 bits per heavy atom. The third kappa shape index (κ3) is 6.37. The molecule has 1 aromatic carbocycles. The molecule has 14 heteroatoms. The van der Waals surface area contributed by atoms with Gasteiger partial charge in [-0.25, -0.2) is 8.42 Å². The number of rotatable bonds is 7. The first-order chi connectivity index (χ1) is 14.3. The number of alkyl halides is 3. The summed E-state index contributed by atoms with van der Waals surface area (Å²) in [5, 5.41) is 7.38. The number of sulfone groups is 1. The average molecular weight is 525 g/mol. The van der Waals surface area contributed by atoms with E-state index in [1.54, 1.807) is 6.92 Å². The van der Waals surface area contributed by atoms with Crippen LogP contribution in [0.25, 0.3) is 11.5 Å². The lowest BCUT2D eigenvalue weighted by Gasteiger charge is -2.10. The van der Waals surface area contributed by atoms with Crippen molar-refractivity contribution in [3.8, 4) is 11.5 Å². The Morgan fingerprint density at radius 3 is 2.58 bits per heavy atom. The van der Waals surface area contributed by atoms with Gasteiger partial charge in [0.1, 0.15) is 18.0 Å². The lowest BCUT2D eigenvalue weighted by Crippen LogP contribution is -2.23. The van der Waals surface area contributed by atoms with Gasteiger partial charge in [-0.05, 0) is 41.1 Å². The fraction of sp³-hybridized carbons (Fsp3) is 0.294. The normalized spacial score (nSPS) is 13.7. The van der Waals surface area contributed by atoms with E-state index in [0.717, 1.165) is 6.26 Å². The number of nitrogens with zero attached hydrogens (tertiary/aromatic N) is 3. The topological polar surface area (TPSA) is 138 Å². The van der Waals surface area contributed by atoms with Crippen LogP contribution in [0.3, 0.4) is 0 Å². The molecule has 0 saturated heterocycles. The summed E-state index contributed by atoms with van der Waals surface area (Å²) in [6, 6.07) is 5.52. The SMILES string of the molecule is CCOC(=O)CN=C(C(Br)=C(N)C(F)(F)F)c1nnc(-c2cccc(S(C)(=O)=O)c2)o1. The minimum absolute atomic E-state index is 0.0247. The maximum atomic E-state index is 13.0. The molecule has 2 N–H and O–H groups in total. The molecule has 168 valence electrons. The maximum absolute atomic E-state index is 13.0. The predicted octanol–water partition coefficient (Wildman–Crippen LogP) is 2.62. The molecule has 0 aliphatic heterocycles. The lowest BCUT2D eigenvalue weighted by molar-refractivity contribution is -0.141. The molecule has 0 fully saturated rings. The van der Waals surface area contributed by atoms with E-state index >= 15 is 0 Å².